The Labute approximate surface area is 127 Å². The molecular weight excluding hydrogens is 288 g/mol. The van der Waals surface area contributed by atoms with E-state index in [0.29, 0.717) is 11.4 Å². The summed E-state index contributed by atoms with van der Waals surface area (Å²) in [5.41, 5.74) is 0. The SMILES string of the molecule is CCNCCn1cc(S(=O)(=O)N2C(C)CCC2CC)cn1. The fourth-order valence-electron chi connectivity index (χ4n) is 2.96. The van der Waals surface area contributed by atoms with Gasteiger partial charge in [-0.25, -0.2) is 8.42 Å². The van der Waals surface area contributed by atoms with Gasteiger partial charge in [-0.15, -0.1) is 0 Å². The van der Waals surface area contributed by atoms with Crippen molar-refractivity contribution in [3.8, 4) is 0 Å². The molecule has 2 unspecified atom stereocenters. The van der Waals surface area contributed by atoms with Crippen molar-refractivity contribution in [2.24, 2.45) is 0 Å². The Morgan fingerprint density at radius 1 is 1.38 bits per heavy atom. The minimum Gasteiger partial charge on any atom is -0.315 e. The normalized spacial score (nSPS) is 23.8. The van der Waals surface area contributed by atoms with Crippen molar-refractivity contribution in [2.75, 3.05) is 13.1 Å². The molecule has 0 spiro atoms. The highest BCUT2D eigenvalue weighted by Gasteiger charge is 2.39. The zero-order valence-corrected chi connectivity index (χ0v) is 13.9. The minimum absolute atomic E-state index is 0.0741. The number of likely N-dealkylation sites (N-methyl/N-ethyl adjacent to an activating group) is 1. The van der Waals surface area contributed by atoms with Gasteiger partial charge in [0.05, 0.1) is 12.7 Å². The van der Waals surface area contributed by atoms with Crippen molar-refractivity contribution in [3.63, 3.8) is 0 Å². The Hall–Kier alpha value is -0.920. The molecule has 2 rings (SSSR count). The van der Waals surface area contributed by atoms with Crippen LogP contribution in [0.5, 0.6) is 0 Å². The highest BCUT2D eigenvalue weighted by Crippen LogP contribution is 2.32. The number of aromatic nitrogens is 2. The maximum Gasteiger partial charge on any atom is 0.246 e. The Kier molecular flexibility index (Phi) is 5.40. The van der Waals surface area contributed by atoms with Crippen LogP contribution in [0.15, 0.2) is 17.3 Å². The maximum atomic E-state index is 12.8. The van der Waals surface area contributed by atoms with Crippen LogP contribution in [0.1, 0.15) is 40.0 Å². The van der Waals surface area contributed by atoms with Crippen molar-refractivity contribution in [2.45, 2.75) is 63.6 Å². The van der Waals surface area contributed by atoms with Gasteiger partial charge in [-0.05, 0) is 32.7 Å². The van der Waals surface area contributed by atoms with E-state index in [1.54, 1.807) is 15.2 Å². The van der Waals surface area contributed by atoms with Gasteiger partial charge in [0.25, 0.3) is 0 Å². The maximum absolute atomic E-state index is 12.8. The summed E-state index contributed by atoms with van der Waals surface area (Å²) in [4.78, 5) is 0.311. The molecule has 1 aliphatic heterocycles. The third-order valence-corrected chi connectivity index (χ3v) is 6.16. The van der Waals surface area contributed by atoms with Gasteiger partial charge >= 0.3 is 0 Å². The molecule has 0 radical (unpaired) electrons. The average molecular weight is 314 g/mol. The number of sulfonamides is 1. The summed E-state index contributed by atoms with van der Waals surface area (Å²) in [5, 5.41) is 7.37. The van der Waals surface area contributed by atoms with E-state index in [0.717, 1.165) is 32.4 Å². The van der Waals surface area contributed by atoms with Gasteiger partial charge in [-0.2, -0.15) is 9.40 Å². The van der Waals surface area contributed by atoms with Gasteiger partial charge in [0.1, 0.15) is 4.90 Å². The van der Waals surface area contributed by atoms with Gasteiger partial charge < -0.3 is 5.32 Å². The molecule has 1 saturated heterocycles. The predicted molar refractivity (Wildman–Crippen MR) is 82.6 cm³/mol. The fourth-order valence-corrected chi connectivity index (χ4v) is 4.86. The fraction of sp³-hybridized carbons (Fsp3) is 0.786. The van der Waals surface area contributed by atoms with Crippen molar-refractivity contribution in [1.29, 1.82) is 0 Å². The molecule has 6 nitrogen and oxygen atoms in total. The van der Waals surface area contributed by atoms with Crippen molar-refractivity contribution >= 4 is 10.0 Å². The summed E-state index contributed by atoms with van der Waals surface area (Å²) in [7, 11) is -3.43. The topological polar surface area (TPSA) is 67.2 Å². The molecule has 120 valence electrons. The van der Waals surface area contributed by atoms with Crippen molar-refractivity contribution in [1.82, 2.24) is 19.4 Å². The minimum atomic E-state index is -3.43. The first-order chi connectivity index (χ1) is 10.0. The van der Waals surface area contributed by atoms with E-state index in [9.17, 15) is 8.42 Å². The first-order valence-electron chi connectivity index (χ1n) is 7.77. The molecule has 0 aromatic carbocycles. The molecule has 1 aromatic heterocycles. The first-order valence-corrected chi connectivity index (χ1v) is 9.21. The lowest BCUT2D eigenvalue weighted by molar-refractivity contribution is 0.328. The molecule has 1 aliphatic rings. The average Bonchev–Trinajstić information content (AvgIpc) is 3.06. The van der Waals surface area contributed by atoms with Crippen LogP contribution in [0, 0.1) is 0 Å². The highest BCUT2D eigenvalue weighted by atomic mass is 32.2. The Morgan fingerprint density at radius 2 is 2.14 bits per heavy atom. The van der Waals surface area contributed by atoms with Crippen LogP contribution in [0.25, 0.3) is 0 Å². The summed E-state index contributed by atoms with van der Waals surface area (Å²) in [6, 6.07) is 0.195. The van der Waals surface area contributed by atoms with E-state index in [1.807, 2.05) is 20.8 Å². The molecule has 0 saturated carbocycles. The number of hydrogen-bond donors (Lipinski definition) is 1. The summed E-state index contributed by atoms with van der Waals surface area (Å²) < 4.78 is 29.0. The second-order valence-electron chi connectivity index (χ2n) is 5.62. The molecule has 21 heavy (non-hydrogen) atoms. The highest BCUT2D eigenvalue weighted by molar-refractivity contribution is 7.89. The smallest absolute Gasteiger partial charge is 0.246 e. The van der Waals surface area contributed by atoms with E-state index in [-0.39, 0.29) is 12.1 Å². The lowest BCUT2D eigenvalue weighted by Gasteiger charge is -2.26. The van der Waals surface area contributed by atoms with Crippen LogP contribution in [-0.2, 0) is 16.6 Å². The molecule has 1 N–H and O–H groups in total. The summed E-state index contributed by atoms with van der Waals surface area (Å²) in [6.07, 6.45) is 5.86. The zero-order valence-electron chi connectivity index (χ0n) is 13.1. The predicted octanol–water partition coefficient (Wildman–Crippen LogP) is 1.44. The van der Waals surface area contributed by atoms with Crippen LogP contribution in [0.4, 0.5) is 0 Å². The number of rotatable bonds is 7. The van der Waals surface area contributed by atoms with Crippen molar-refractivity contribution in [3.05, 3.63) is 12.4 Å². The third-order valence-electron chi connectivity index (χ3n) is 4.14. The summed E-state index contributed by atoms with van der Waals surface area (Å²) >= 11 is 0. The van der Waals surface area contributed by atoms with Crippen LogP contribution in [-0.4, -0.2) is 47.7 Å². The summed E-state index contributed by atoms with van der Waals surface area (Å²) in [5.74, 6) is 0. The lowest BCUT2D eigenvalue weighted by atomic mass is 10.2. The van der Waals surface area contributed by atoms with Crippen LogP contribution >= 0.6 is 0 Å². The molecule has 0 amide bonds. The van der Waals surface area contributed by atoms with Crippen LogP contribution in [0.3, 0.4) is 0 Å². The van der Waals surface area contributed by atoms with Crippen molar-refractivity contribution < 1.29 is 8.42 Å². The molecular formula is C14H26N4O2S. The number of hydrogen-bond acceptors (Lipinski definition) is 4. The number of nitrogens with zero attached hydrogens (tertiary/aromatic N) is 3. The van der Waals surface area contributed by atoms with Crippen LogP contribution < -0.4 is 5.32 Å². The third kappa shape index (κ3) is 3.46. The van der Waals surface area contributed by atoms with E-state index in [2.05, 4.69) is 10.4 Å². The Bertz CT molecular complexity index is 555. The standard InChI is InChI=1S/C14H26N4O2S/c1-4-13-7-6-12(3)18(13)21(19,20)14-10-16-17(11-14)9-8-15-5-2/h10-13,15H,4-9H2,1-3H3. The molecule has 7 heteroatoms. The van der Waals surface area contributed by atoms with Crippen LogP contribution in [0.2, 0.25) is 0 Å². The second-order valence-corrected chi connectivity index (χ2v) is 7.46. The Balaban J connectivity index is 2.15. The van der Waals surface area contributed by atoms with Gasteiger partial charge in [0.15, 0.2) is 0 Å². The van der Waals surface area contributed by atoms with E-state index in [1.165, 1.54) is 6.20 Å². The first kappa shape index (κ1) is 16.5. The van der Waals surface area contributed by atoms with Gasteiger partial charge in [0, 0.05) is 24.8 Å². The molecule has 2 heterocycles. The van der Waals surface area contributed by atoms with Gasteiger partial charge in [-0.1, -0.05) is 13.8 Å². The largest absolute Gasteiger partial charge is 0.315 e. The molecule has 2 atom stereocenters. The quantitative estimate of drug-likeness (QED) is 0.774. The van der Waals surface area contributed by atoms with E-state index >= 15 is 0 Å². The number of nitrogens with one attached hydrogen (secondary N) is 1. The summed E-state index contributed by atoms with van der Waals surface area (Å²) in [6.45, 7) is 8.44. The van der Waals surface area contributed by atoms with Gasteiger partial charge in [-0.3, -0.25) is 4.68 Å². The molecule has 1 aromatic rings. The lowest BCUT2D eigenvalue weighted by Crippen LogP contribution is -2.39. The second kappa shape index (κ2) is 6.89. The molecule has 1 fully saturated rings. The zero-order chi connectivity index (χ0) is 15.5. The Morgan fingerprint density at radius 3 is 2.81 bits per heavy atom. The van der Waals surface area contributed by atoms with Gasteiger partial charge in [0.2, 0.25) is 10.0 Å². The van der Waals surface area contributed by atoms with E-state index < -0.39 is 10.0 Å². The molecule has 0 bridgehead atoms. The van der Waals surface area contributed by atoms with E-state index in [4.69, 9.17) is 0 Å². The monoisotopic (exact) mass is 314 g/mol. The molecule has 0 aliphatic carbocycles.